The highest BCUT2D eigenvalue weighted by Crippen LogP contribution is 2.12. The Morgan fingerprint density at radius 1 is 1.13 bits per heavy atom. The topological polar surface area (TPSA) is 55.4 Å². The first-order chi connectivity index (χ1) is 11.0. The van der Waals surface area contributed by atoms with Crippen molar-refractivity contribution in [3.63, 3.8) is 0 Å². The van der Waals surface area contributed by atoms with Crippen LogP contribution in [0.1, 0.15) is 21.5 Å². The van der Waals surface area contributed by atoms with Crippen molar-refractivity contribution in [2.45, 2.75) is 19.4 Å². The molecule has 1 N–H and O–H groups in total. The van der Waals surface area contributed by atoms with Crippen molar-refractivity contribution in [1.29, 1.82) is 0 Å². The molecule has 0 heterocycles. The lowest BCUT2D eigenvalue weighted by Gasteiger charge is -2.18. The Labute approximate surface area is 134 Å². The van der Waals surface area contributed by atoms with Crippen LogP contribution in [0.4, 0.5) is 4.39 Å². The Kier molecular flexibility index (Phi) is 5.46. The Hall–Kier alpha value is -2.69. The van der Waals surface area contributed by atoms with Gasteiger partial charge in [-0.3, -0.25) is 4.79 Å². The van der Waals surface area contributed by atoms with Gasteiger partial charge in [0.05, 0.1) is 12.7 Å². The fraction of sp³-hybridized carbons (Fsp3) is 0.222. The van der Waals surface area contributed by atoms with E-state index in [0.29, 0.717) is 0 Å². The van der Waals surface area contributed by atoms with Crippen molar-refractivity contribution in [3.05, 3.63) is 71.0 Å². The molecule has 23 heavy (non-hydrogen) atoms. The lowest BCUT2D eigenvalue weighted by molar-refractivity contribution is -0.142. The molecule has 5 heteroatoms. The quantitative estimate of drug-likeness (QED) is 0.863. The van der Waals surface area contributed by atoms with Crippen LogP contribution in [0.3, 0.4) is 0 Å². The molecule has 2 aromatic rings. The average Bonchev–Trinajstić information content (AvgIpc) is 2.55. The maximum absolute atomic E-state index is 13.7. The summed E-state index contributed by atoms with van der Waals surface area (Å²) in [6.45, 7) is 1.92. The fourth-order valence-corrected chi connectivity index (χ4v) is 2.28. The van der Waals surface area contributed by atoms with Crippen LogP contribution in [0.2, 0.25) is 0 Å². The summed E-state index contributed by atoms with van der Waals surface area (Å²) in [5.74, 6) is -1.85. The molecule has 1 amide bonds. The highest BCUT2D eigenvalue weighted by molar-refractivity contribution is 5.97. The van der Waals surface area contributed by atoms with Crippen molar-refractivity contribution < 1.29 is 18.7 Å². The van der Waals surface area contributed by atoms with Gasteiger partial charge in [0.2, 0.25) is 0 Å². The minimum atomic E-state index is -0.881. The van der Waals surface area contributed by atoms with Crippen LogP contribution in [0.25, 0.3) is 0 Å². The SMILES string of the molecule is COC(=O)[C@H](Cc1ccccc1C)NC(=O)c1ccccc1F. The molecule has 0 saturated carbocycles. The van der Waals surface area contributed by atoms with E-state index in [1.54, 1.807) is 6.07 Å². The second kappa shape index (κ2) is 7.54. The largest absolute Gasteiger partial charge is 0.467 e. The van der Waals surface area contributed by atoms with E-state index in [4.69, 9.17) is 4.74 Å². The van der Waals surface area contributed by atoms with Gasteiger partial charge in [-0.2, -0.15) is 0 Å². The van der Waals surface area contributed by atoms with Crippen molar-refractivity contribution >= 4 is 11.9 Å². The van der Waals surface area contributed by atoms with Gasteiger partial charge >= 0.3 is 5.97 Å². The minimum Gasteiger partial charge on any atom is -0.467 e. The van der Waals surface area contributed by atoms with E-state index >= 15 is 0 Å². The number of rotatable bonds is 5. The summed E-state index contributed by atoms with van der Waals surface area (Å²) in [4.78, 5) is 24.2. The molecule has 0 aliphatic carbocycles. The molecular weight excluding hydrogens is 297 g/mol. The number of aryl methyl sites for hydroxylation is 1. The van der Waals surface area contributed by atoms with Crippen LogP contribution in [0.5, 0.6) is 0 Å². The number of hydrogen-bond acceptors (Lipinski definition) is 3. The van der Waals surface area contributed by atoms with E-state index in [1.165, 1.54) is 25.3 Å². The molecule has 1 atom stereocenters. The van der Waals surface area contributed by atoms with E-state index in [9.17, 15) is 14.0 Å². The number of carbonyl (C=O) groups excluding carboxylic acids is 2. The zero-order valence-corrected chi connectivity index (χ0v) is 13.0. The summed E-state index contributed by atoms with van der Waals surface area (Å²) < 4.78 is 18.4. The monoisotopic (exact) mass is 315 g/mol. The first kappa shape index (κ1) is 16.7. The molecule has 0 bridgehead atoms. The van der Waals surface area contributed by atoms with Gasteiger partial charge in [0.25, 0.3) is 5.91 Å². The van der Waals surface area contributed by atoms with Gasteiger partial charge < -0.3 is 10.1 Å². The summed E-state index contributed by atoms with van der Waals surface area (Å²) >= 11 is 0. The Balaban J connectivity index is 2.20. The van der Waals surface area contributed by atoms with Gasteiger partial charge in [0, 0.05) is 6.42 Å². The molecule has 2 aromatic carbocycles. The number of ether oxygens (including phenoxy) is 1. The molecule has 0 aliphatic heterocycles. The maximum Gasteiger partial charge on any atom is 0.328 e. The minimum absolute atomic E-state index is 0.105. The van der Waals surface area contributed by atoms with Crippen LogP contribution >= 0.6 is 0 Å². The van der Waals surface area contributed by atoms with E-state index in [1.807, 2.05) is 31.2 Å². The van der Waals surface area contributed by atoms with Crippen LogP contribution in [-0.2, 0) is 16.0 Å². The highest BCUT2D eigenvalue weighted by Gasteiger charge is 2.24. The maximum atomic E-state index is 13.7. The van der Waals surface area contributed by atoms with Gasteiger partial charge in [-0.05, 0) is 30.2 Å². The zero-order chi connectivity index (χ0) is 16.8. The van der Waals surface area contributed by atoms with Crippen LogP contribution in [0.15, 0.2) is 48.5 Å². The van der Waals surface area contributed by atoms with Gasteiger partial charge in [0.1, 0.15) is 11.9 Å². The average molecular weight is 315 g/mol. The third kappa shape index (κ3) is 4.16. The molecule has 0 radical (unpaired) electrons. The molecular formula is C18H18FNO3. The summed E-state index contributed by atoms with van der Waals surface area (Å²) in [5, 5.41) is 2.55. The number of benzene rings is 2. The van der Waals surface area contributed by atoms with Crippen LogP contribution < -0.4 is 5.32 Å². The normalized spacial score (nSPS) is 11.6. The molecule has 0 saturated heterocycles. The number of nitrogens with one attached hydrogen (secondary N) is 1. The molecule has 0 spiro atoms. The van der Waals surface area contributed by atoms with E-state index in [0.717, 1.165) is 11.1 Å². The predicted octanol–water partition coefficient (Wildman–Crippen LogP) is 2.65. The first-order valence-corrected chi connectivity index (χ1v) is 7.20. The smallest absolute Gasteiger partial charge is 0.328 e. The van der Waals surface area contributed by atoms with Crippen LogP contribution in [0, 0.1) is 12.7 Å². The van der Waals surface area contributed by atoms with Gasteiger partial charge in [-0.15, -0.1) is 0 Å². The zero-order valence-electron chi connectivity index (χ0n) is 13.0. The number of hydrogen-bond donors (Lipinski definition) is 1. The molecule has 4 nitrogen and oxygen atoms in total. The number of halogens is 1. The standard InChI is InChI=1S/C18H18FNO3/c1-12-7-3-4-8-13(12)11-16(18(22)23-2)20-17(21)14-9-5-6-10-15(14)19/h3-10,16H,11H2,1-2H3,(H,20,21)/t16-/m0/s1. The van der Waals surface area contributed by atoms with Crippen molar-refractivity contribution in [3.8, 4) is 0 Å². The molecule has 0 aliphatic rings. The third-order valence-electron chi connectivity index (χ3n) is 3.59. The van der Waals surface area contributed by atoms with E-state index in [-0.39, 0.29) is 12.0 Å². The second-order valence-electron chi connectivity index (χ2n) is 5.16. The number of esters is 1. The van der Waals surface area contributed by atoms with Crippen molar-refractivity contribution in [2.75, 3.05) is 7.11 Å². The van der Waals surface area contributed by atoms with Crippen molar-refractivity contribution in [2.24, 2.45) is 0 Å². The van der Waals surface area contributed by atoms with E-state index in [2.05, 4.69) is 5.32 Å². The molecule has 0 unspecified atom stereocenters. The first-order valence-electron chi connectivity index (χ1n) is 7.20. The number of carbonyl (C=O) groups is 2. The fourth-order valence-electron chi connectivity index (χ4n) is 2.28. The molecule has 2 rings (SSSR count). The molecule has 0 fully saturated rings. The predicted molar refractivity (Wildman–Crippen MR) is 84.6 cm³/mol. The number of methoxy groups -OCH3 is 1. The number of amides is 1. The highest BCUT2D eigenvalue weighted by atomic mass is 19.1. The molecule has 120 valence electrons. The van der Waals surface area contributed by atoms with Crippen molar-refractivity contribution in [1.82, 2.24) is 5.32 Å². The van der Waals surface area contributed by atoms with Gasteiger partial charge in [0.15, 0.2) is 0 Å². The lowest BCUT2D eigenvalue weighted by atomic mass is 10.0. The summed E-state index contributed by atoms with van der Waals surface area (Å²) in [6.07, 6.45) is 0.277. The summed E-state index contributed by atoms with van der Waals surface area (Å²) in [5.41, 5.74) is 1.81. The second-order valence-corrected chi connectivity index (χ2v) is 5.16. The Bertz CT molecular complexity index is 715. The lowest BCUT2D eigenvalue weighted by Crippen LogP contribution is -2.43. The van der Waals surface area contributed by atoms with Gasteiger partial charge in [-0.1, -0.05) is 36.4 Å². The third-order valence-corrected chi connectivity index (χ3v) is 3.59. The molecule has 0 aromatic heterocycles. The van der Waals surface area contributed by atoms with Crippen LogP contribution in [-0.4, -0.2) is 25.0 Å². The Morgan fingerprint density at radius 2 is 1.78 bits per heavy atom. The van der Waals surface area contributed by atoms with Gasteiger partial charge in [-0.25, -0.2) is 9.18 Å². The Morgan fingerprint density at radius 3 is 2.43 bits per heavy atom. The summed E-state index contributed by atoms with van der Waals surface area (Å²) in [6, 6.07) is 12.3. The summed E-state index contributed by atoms with van der Waals surface area (Å²) in [7, 11) is 1.25. The van der Waals surface area contributed by atoms with E-state index < -0.39 is 23.7 Å².